The van der Waals surface area contributed by atoms with Gasteiger partial charge in [-0.3, -0.25) is 4.79 Å². The summed E-state index contributed by atoms with van der Waals surface area (Å²) in [6.45, 7) is 7.41. The van der Waals surface area contributed by atoms with Crippen LogP contribution in [0.1, 0.15) is 25.0 Å². The van der Waals surface area contributed by atoms with E-state index >= 15 is 0 Å². The standard InChI is InChI=1S/C15H17NO3/c1-8(2)15(18)16-12-7-11-9(3)6-14(17)19-13(11)5-10(12)4/h5-8H,1-4H3,(H,16,18). The fourth-order valence-electron chi connectivity index (χ4n) is 1.88. The first-order chi connectivity index (χ1) is 8.88. The molecule has 0 radical (unpaired) electrons. The van der Waals surface area contributed by atoms with Crippen LogP contribution < -0.4 is 10.9 Å². The van der Waals surface area contributed by atoms with Crippen molar-refractivity contribution in [2.45, 2.75) is 27.7 Å². The number of rotatable bonds is 2. The Morgan fingerprint density at radius 3 is 2.47 bits per heavy atom. The van der Waals surface area contributed by atoms with E-state index < -0.39 is 0 Å². The highest BCUT2D eigenvalue weighted by atomic mass is 16.4. The van der Waals surface area contributed by atoms with Gasteiger partial charge in [-0.15, -0.1) is 0 Å². The average molecular weight is 259 g/mol. The first-order valence-corrected chi connectivity index (χ1v) is 6.24. The van der Waals surface area contributed by atoms with E-state index in [0.717, 1.165) is 22.2 Å². The van der Waals surface area contributed by atoms with Crippen molar-refractivity contribution in [2.24, 2.45) is 5.92 Å². The molecular formula is C15H17NO3. The zero-order chi connectivity index (χ0) is 14.2. The lowest BCUT2D eigenvalue weighted by Crippen LogP contribution is -2.18. The third kappa shape index (κ3) is 2.67. The normalized spacial score (nSPS) is 11.0. The fraction of sp³-hybridized carbons (Fsp3) is 0.333. The Morgan fingerprint density at radius 2 is 1.84 bits per heavy atom. The second-order valence-electron chi connectivity index (χ2n) is 5.06. The molecule has 0 fully saturated rings. The maximum absolute atomic E-state index is 11.8. The van der Waals surface area contributed by atoms with Gasteiger partial charge in [-0.1, -0.05) is 13.8 Å². The van der Waals surface area contributed by atoms with Crippen molar-refractivity contribution in [3.05, 3.63) is 39.7 Å². The molecule has 2 aromatic rings. The van der Waals surface area contributed by atoms with Crippen LogP contribution in [0.3, 0.4) is 0 Å². The quantitative estimate of drug-likeness (QED) is 0.843. The van der Waals surface area contributed by atoms with Crippen LogP contribution in [-0.2, 0) is 4.79 Å². The van der Waals surface area contributed by atoms with E-state index in [2.05, 4.69) is 5.32 Å². The number of fused-ring (bicyclic) bond motifs is 1. The molecule has 4 nitrogen and oxygen atoms in total. The van der Waals surface area contributed by atoms with Crippen LogP contribution in [0.5, 0.6) is 0 Å². The average Bonchev–Trinajstić information content (AvgIpc) is 2.30. The van der Waals surface area contributed by atoms with Gasteiger partial charge in [-0.2, -0.15) is 0 Å². The Kier molecular flexibility index (Phi) is 3.42. The lowest BCUT2D eigenvalue weighted by atomic mass is 10.1. The van der Waals surface area contributed by atoms with Gasteiger partial charge < -0.3 is 9.73 Å². The van der Waals surface area contributed by atoms with Gasteiger partial charge in [0.2, 0.25) is 5.91 Å². The second-order valence-corrected chi connectivity index (χ2v) is 5.06. The third-order valence-electron chi connectivity index (χ3n) is 3.08. The van der Waals surface area contributed by atoms with E-state index in [-0.39, 0.29) is 17.5 Å². The molecule has 1 heterocycles. The summed E-state index contributed by atoms with van der Waals surface area (Å²) in [5.41, 5.74) is 2.65. The number of nitrogens with one attached hydrogen (secondary N) is 1. The summed E-state index contributed by atoms with van der Waals surface area (Å²) < 4.78 is 5.16. The van der Waals surface area contributed by atoms with Gasteiger partial charge in [0, 0.05) is 23.1 Å². The topological polar surface area (TPSA) is 59.3 Å². The zero-order valence-electron chi connectivity index (χ0n) is 11.5. The van der Waals surface area contributed by atoms with Gasteiger partial charge in [0.05, 0.1) is 0 Å². The predicted octanol–water partition coefficient (Wildman–Crippen LogP) is 3.00. The Hall–Kier alpha value is -2.10. The van der Waals surface area contributed by atoms with Gasteiger partial charge >= 0.3 is 5.63 Å². The lowest BCUT2D eigenvalue weighted by molar-refractivity contribution is -0.118. The zero-order valence-corrected chi connectivity index (χ0v) is 11.5. The van der Waals surface area contributed by atoms with Crippen LogP contribution >= 0.6 is 0 Å². The SMILES string of the molecule is Cc1cc2oc(=O)cc(C)c2cc1NC(=O)C(C)C. The Labute approximate surface area is 111 Å². The third-order valence-corrected chi connectivity index (χ3v) is 3.08. The molecule has 0 aliphatic rings. The predicted molar refractivity (Wildman–Crippen MR) is 75.4 cm³/mol. The van der Waals surface area contributed by atoms with Crippen molar-refractivity contribution < 1.29 is 9.21 Å². The molecule has 1 amide bonds. The molecular weight excluding hydrogens is 242 g/mol. The number of aryl methyl sites for hydroxylation is 2. The molecule has 1 aromatic carbocycles. The fourth-order valence-corrected chi connectivity index (χ4v) is 1.88. The highest BCUT2D eigenvalue weighted by Crippen LogP contribution is 2.25. The van der Waals surface area contributed by atoms with Gasteiger partial charge in [-0.05, 0) is 37.1 Å². The maximum atomic E-state index is 11.8. The molecule has 0 saturated heterocycles. The Bertz CT molecular complexity index is 698. The van der Waals surface area contributed by atoms with Gasteiger partial charge in [0.1, 0.15) is 5.58 Å². The Balaban J connectivity index is 2.55. The smallest absolute Gasteiger partial charge is 0.336 e. The monoisotopic (exact) mass is 259 g/mol. The summed E-state index contributed by atoms with van der Waals surface area (Å²) in [6, 6.07) is 5.08. The molecule has 4 heteroatoms. The van der Waals surface area contributed by atoms with Crippen LogP contribution in [0.15, 0.2) is 27.4 Å². The van der Waals surface area contributed by atoms with Gasteiger partial charge in [0.25, 0.3) is 0 Å². The molecule has 0 aliphatic heterocycles. The molecule has 0 unspecified atom stereocenters. The summed E-state index contributed by atoms with van der Waals surface area (Å²) in [4.78, 5) is 23.1. The van der Waals surface area contributed by atoms with E-state index in [9.17, 15) is 9.59 Å². The number of amides is 1. The van der Waals surface area contributed by atoms with Gasteiger partial charge in [-0.25, -0.2) is 4.79 Å². The number of carbonyl (C=O) groups excluding carboxylic acids is 1. The van der Waals surface area contributed by atoms with Crippen LogP contribution in [0.25, 0.3) is 11.0 Å². The van der Waals surface area contributed by atoms with E-state index in [1.165, 1.54) is 6.07 Å². The molecule has 0 spiro atoms. The van der Waals surface area contributed by atoms with Crippen molar-refractivity contribution in [3.63, 3.8) is 0 Å². The van der Waals surface area contributed by atoms with Crippen molar-refractivity contribution in [1.29, 1.82) is 0 Å². The molecule has 19 heavy (non-hydrogen) atoms. The minimum absolute atomic E-state index is 0.0301. The molecule has 0 saturated carbocycles. The summed E-state index contributed by atoms with van der Waals surface area (Å²) in [5, 5.41) is 3.72. The number of benzene rings is 1. The first-order valence-electron chi connectivity index (χ1n) is 6.24. The van der Waals surface area contributed by atoms with Crippen LogP contribution in [0.2, 0.25) is 0 Å². The van der Waals surface area contributed by atoms with Crippen LogP contribution in [0, 0.1) is 19.8 Å². The van der Waals surface area contributed by atoms with Crippen molar-refractivity contribution in [3.8, 4) is 0 Å². The van der Waals surface area contributed by atoms with Gasteiger partial charge in [0.15, 0.2) is 0 Å². The minimum atomic E-state index is -0.358. The highest BCUT2D eigenvalue weighted by molar-refractivity contribution is 5.96. The second kappa shape index (κ2) is 4.88. The van der Waals surface area contributed by atoms with Crippen LogP contribution in [-0.4, -0.2) is 5.91 Å². The summed E-state index contributed by atoms with van der Waals surface area (Å²) in [7, 11) is 0. The molecule has 1 N–H and O–H groups in total. The van der Waals surface area contributed by atoms with Crippen molar-refractivity contribution in [2.75, 3.05) is 5.32 Å². The number of hydrogen-bond donors (Lipinski definition) is 1. The maximum Gasteiger partial charge on any atom is 0.336 e. The van der Waals surface area contributed by atoms with Crippen molar-refractivity contribution in [1.82, 2.24) is 0 Å². The lowest BCUT2D eigenvalue weighted by Gasteiger charge is -2.12. The summed E-state index contributed by atoms with van der Waals surface area (Å²) in [5.74, 6) is -0.109. The molecule has 2 rings (SSSR count). The molecule has 1 aromatic heterocycles. The number of anilines is 1. The summed E-state index contributed by atoms with van der Waals surface area (Å²) in [6.07, 6.45) is 0. The largest absolute Gasteiger partial charge is 0.423 e. The van der Waals surface area contributed by atoms with Crippen LogP contribution in [0.4, 0.5) is 5.69 Å². The molecule has 0 aliphatic carbocycles. The van der Waals surface area contributed by atoms with E-state index in [0.29, 0.717) is 5.58 Å². The van der Waals surface area contributed by atoms with E-state index in [1.54, 1.807) is 6.07 Å². The highest BCUT2D eigenvalue weighted by Gasteiger charge is 2.11. The van der Waals surface area contributed by atoms with Crippen molar-refractivity contribution >= 4 is 22.6 Å². The van der Waals surface area contributed by atoms with E-state index in [4.69, 9.17) is 4.42 Å². The molecule has 0 bridgehead atoms. The number of carbonyl (C=O) groups is 1. The Morgan fingerprint density at radius 1 is 1.16 bits per heavy atom. The summed E-state index contributed by atoms with van der Waals surface area (Å²) >= 11 is 0. The van der Waals surface area contributed by atoms with E-state index in [1.807, 2.05) is 33.8 Å². The first kappa shape index (κ1) is 13.3. The minimum Gasteiger partial charge on any atom is -0.423 e. The molecule has 100 valence electrons. The number of hydrogen-bond acceptors (Lipinski definition) is 3. The molecule has 0 atom stereocenters.